The molecule has 0 atom stereocenters. The molecule has 0 saturated carbocycles. The first-order chi connectivity index (χ1) is 6.61. The molecule has 6 heteroatoms. The maximum atomic E-state index is 10.6. The van der Waals surface area contributed by atoms with E-state index in [1.54, 1.807) is 0 Å². The molecule has 2 N–H and O–H groups in total. The summed E-state index contributed by atoms with van der Waals surface area (Å²) in [6.07, 6.45) is 0.833. The van der Waals surface area contributed by atoms with Crippen LogP contribution in [0.4, 0.5) is 5.69 Å². The first kappa shape index (κ1) is 9.97. The number of phenols is 1. The number of methoxy groups -OCH3 is 1. The van der Waals surface area contributed by atoms with Crippen molar-refractivity contribution in [2.45, 2.75) is 0 Å². The molecule has 74 valence electrons. The van der Waals surface area contributed by atoms with Gasteiger partial charge in [0.15, 0.2) is 5.75 Å². The van der Waals surface area contributed by atoms with Crippen LogP contribution in [0.1, 0.15) is 5.56 Å². The van der Waals surface area contributed by atoms with Crippen LogP contribution in [0.5, 0.6) is 11.5 Å². The zero-order valence-electron chi connectivity index (χ0n) is 7.35. The molecule has 1 aromatic rings. The number of hydrogen-bond donors (Lipinski definition) is 2. The Kier molecular flexibility index (Phi) is 2.66. The number of aromatic hydroxyl groups is 1. The van der Waals surface area contributed by atoms with Crippen LogP contribution in [0.15, 0.2) is 12.1 Å². The van der Waals surface area contributed by atoms with Gasteiger partial charge in [-0.05, 0) is 12.1 Å². The molecule has 6 nitrogen and oxygen atoms in total. The van der Waals surface area contributed by atoms with Crippen molar-refractivity contribution in [3.8, 4) is 11.5 Å². The maximum absolute atomic E-state index is 10.6. The summed E-state index contributed by atoms with van der Waals surface area (Å²) in [5.41, 5.74) is -0.313. The van der Waals surface area contributed by atoms with E-state index in [9.17, 15) is 15.2 Å². The van der Waals surface area contributed by atoms with Crippen LogP contribution in [0.3, 0.4) is 0 Å². The van der Waals surface area contributed by atoms with Gasteiger partial charge in [-0.2, -0.15) is 0 Å². The average Bonchev–Trinajstić information content (AvgIpc) is 2.17. The molecule has 0 amide bonds. The Labute approximate surface area is 79.4 Å². The van der Waals surface area contributed by atoms with Crippen molar-refractivity contribution in [3.63, 3.8) is 0 Å². The minimum atomic E-state index is -0.696. The monoisotopic (exact) mass is 196 g/mol. The first-order valence-electron chi connectivity index (χ1n) is 3.66. The maximum Gasteiger partial charge on any atom is 0.323 e. The normalized spacial score (nSPS) is 9.50. The number of nitrogens with zero attached hydrogens (tertiary/aromatic N) is 1. The average molecular weight is 196 g/mol. The molecule has 0 saturated heterocycles. The number of rotatable bonds is 3. The number of nitro groups is 1. The topological polar surface area (TPSA) is 96.5 Å². The van der Waals surface area contributed by atoms with Gasteiger partial charge in [0.1, 0.15) is 0 Å². The third kappa shape index (κ3) is 1.49. The van der Waals surface area contributed by atoms with Crippen molar-refractivity contribution < 1.29 is 14.8 Å². The molecule has 0 bridgehead atoms. The minimum Gasteiger partial charge on any atom is -0.504 e. The molecule has 1 aromatic carbocycles. The highest BCUT2D eigenvalue weighted by Gasteiger charge is 2.22. The van der Waals surface area contributed by atoms with Gasteiger partial charge in [0.05, 0.1) is 17.6 Å². The molecule has 0 aliphatic carbocycles. The fraction of sp³-hybridized carbons (Fsp3) is 0.125. The van der Waals surface area contributed by atoms with Crippen molar-refractivity contribution in [1.82, 2.24) is 0 Å². The van der Waals surface area contributed by atoms with Crippen LogP contribution >= 0.6 is 0 Å². The van der Waals surface area contributed by atoms with Crippen molar-refractivity contribution >= 4 is 11.9 Å². The minimum absolute atomic E-state index is 0.0876. The predicted molar refractivity (Wildman–Crippen MR) is 49.2 cm³/mol. The first-order valence-corrected chi connectivity index (χ1v) is 3.66. The molecule has 0 spiro atoms. The van der Waals surface area contributed by atoms with Crippen molar-refractivity contribution in [2.75, 3.05) is 7.11 Å². The van der Waals surface area contributed by atoms with Crippen LogP contribution in [-0.4, -0.2) is 23.4 Å². The van der Waals surface area contributed by atoms with E-state index in [0.29, 0.717) is 0 Å². The summed E-state index contributed by atoms with van der Waals surface area (Å²) in [5.74, 6) is -0.541. The van der Waals surface area contributed by atoms with E-state index in [4.69, 9.17) is 5.41 Å². The van der Waals surface area contributed by atoms with Crippen LogP contribution in [0, 0.1) is 15.5 Å². The molecule has 0 fully saturated rings. The predicted octanol–water partition coefficient (Wildman–Crippen LogP) is 1.31. The summed E-state index contributed by atoms with van der Waals surface area (Å²) in [5, 5.41) is 26.8. The summed E-state index contributed by atoms with van der Waals surface area (Å²) >= 11 is 0. The lowest BCUT2D eigenvalue weighted by atomic mass is 10.1. The number of hydrogen-bond acceptors (Lipinski definition) is 5. The second-order valence-electron chi connectivity index (χ2n) is 2.46. The Morgan fingerprint density at radius 2 is 2.29 bits per heavy atom. The van der Waals surface area contributed by atoms with E-state index < -0.39 is 10.6 Å². The fourth-order valence-electron chi connectivity index (χ4n) is 1.08. The lowest BCUT2D eigenvalue weighted by Crippen LogP contribution is -1.98. The SMILES string of the molecule is COc1c(O)ccc(C=N)c1[N+](=O)[O-]. The summed E-state index contributed by atoms with van der Waals surface area (Å²) in [7, 11) is 1.22. The highest BCUT2D eigenvalue weighted by Crippen LogP contribution is 2.37. The van der Waals surface area contributed by atoms with Gasteiger partial charge in [0.25, 0.3) is 0 Å². The van der Waals surface area contributed by atoms with E-state index >= 15 is 0 Å². The molecule has 14 heavy (non-hydrogen) atoms. The van der Waals surface area contributed by atoms with E-state index in [2.05, 4.69) is 4.74 Å². The van der Waals surface area contributed by atoms with Crippen molar-refractivity contribution in [1.29, 1.82) is 5.41 Å². The quantitative estimate of drug-likeness (QED) is 0.432. The van der Waals surface area contributed by atoms with Gasteiger partial charge in [0, 0.05) is 6.21 Å². The lowest BCUT2D eigenvalue weighted by molar-refractivity contribution is -0.386. The van der Waals surface area contributed by atoms with E-state index in [-0.39, 0.29) is 17.1 Å². The number of phenolic OH excluding ortho intramolecular Hbond substituents is 1. The zero-order valence-corrected chi connectivity index (χ0v) is 7.35. The third-order valence-electron chi connectivity index (χ3n) is 1.68. The molecular weight excluding hydrogens is 188 g/mol. The van der Waals surface area contributed by atoms with Gasteiger partial charge in [-0.25, -0.2) is 0 Å². The van der Waals surface area contributed by atoms with Gasteiger partial charge in [0.2, 0.25) is 5.75 Å². The standard InChI is InChI=1S/C8H8N2O4/c1-14-8-6(11)3-2-5(4-9)7(8)10(12)13/h2-4,9,11H,1H3. The third-order valence-corrected chi connectivity index (χ3v) is 1.68. The largest absolute Gasteiger partial charge is 0.504 e. The fourth-order valence-corrected chi connectivity index (χ4v) is 1.08. The van der Waals surface area contributed by atoms with E-state index in [1.165, 1.54) is 19.2 Å². The number of nitro benzene ring substituents is 1. The highest BCUT2D eigenvalue weighted by atomic mass is 16.6. The Hall–Kier alpha value is -2.11. The van der Waals surface area contributed by atoms with Crippen LogP contribution in [0.25, 0.3) is 0 Å². The summed E-state index contributed by atoms with van der Waals surface area (Å²) in [6, 6.07) is 2.52. The van der Waals surface area contributed by atoms with Gasteiger partial charge in [-0.3, -0.25) is 10.1 Å². The van der Waals surface area contributed by atoms with Gasteiger partial charge in [-0.1, -0.05) is 0 Å². The van der Waals surface area contributed by atoms with E-state index in [0.717, 1.165) is 6.21 Å². The molecular formula is C8H8N2O4. The van der Waals surface area contributed by atoms with Crippen molar-refractivity contribution in [2.24, 2.45) is 0 Å². The molecule has 0 aromatic heterocycles. The summed E-state index contributed by atoms with van der Waals surface area (Å²) in [6.45, 7) is 0. The molecule has 0 aliphatic rings. The van der Waals surface area contributed by atoms with Gasteiger partial charge in [-0.15, -0.1) is 0 Å². The molecule has 1 rings (SSSR count). The number of benzene rings is 1. The second kappa shape index (κ2) is 3.73. The van der Waals surface area contributed by atoms with Crippen LogP contribution < -0.4 is 4.74 Å². The summed E-state index contributed by atoms with van der Waals surface area (Å²) < 4.78 is 4.68. The Morgan fingerprint density at radius 1 is 1.64 bits per heavy atom. The molecule has 0 radical (unpaired) electrons. The molecule has 0 aliphatic heterocycles. The Bertz CT molecular complexity index is 389. The van der Waals surface area contributed by atoms with E-state index in [1.807, 2.05) is 0 Å². The Morgan fingerprint density at radius 3 is 2.71 bits per heavy atom. The van der Waals surface area contributed by atoms with Crippen LogP contribution in [0.2, 0.25) is 0 Å². The smallest absolute Gasteiger partial charge is 0.323 e. The van der Waals surface area contributed by atoms with Crippen LogP contribution in [-0.2, 0) is 0 Å². The zero-order chi connectivity index (χ0) is 10.7. The van der Waals surface area contributed by atoms with Gasteiger partial charge < -0.3 is 15.3 Å². The second-order valence-corrected chi connectivity index (χ2v) is 2.46. The van der Waals surface area contributed by atoms with Gasteiger partial charge >= 0.3 is 5.69 Å². The summed E-state index contributed by atoms with van der Waals surface area (Å²) in [4.78, 5) is 9.93. The Balaban J connectivity index is 3.51. The molecule has 0 unspecified atom stereocenters. The number of nitrogens with one attached hydrogen (secondary N) is 1. The lowest BCUT2D eigenvalue weighted by Gasteiger charge is -2.05. The molecule has 0 heterocycles. The number of ether oxygens (including phenoxy) is 1. The van der Waals surface area contributed by atoms with Crippen molar-refractivity contribution in [3.05, 3.63) is 27.8 Å². The highest BCUT2D eigenvalue weighted by molar-refractivity contribution is 5.86.